The van der Waals surface area contributed by atoms with Crippen molar-refractivity contribution < 1.29 is 14.3 Å². The number of fused-ring (bicyclic) bond motifs is 2. The quantitative estimate of drug-likeness (QED) is 0.283. The Kier molecular flexibility index (Phi) is 5.61. The number of carbonyl (C=O) groups excluding carboxylic acids is 1. The number of hydrogen-bond donors (Lipinski definition) is 3. The van der Waals surface area contributed by atoms with Gasteiger partial charge >= 0.3 is 5.69 Å². The van der Waals surface area contributed by atoms with E-state index in [1.54, 1.807) is 24.3 Å². The van der Waals surface area contributed by atoms with E-state index < -0.39 is 6.10 Å². The fourth-order valence-electron chi connectivity index (χ4n) is 3.53. The van der Waals surface area contributed by atoms with Gasteiger partial charge in [0.15, 0.2) is 28.6 Å². The molecule has 0 bridgehead atoms. The number of amides is 1. The average Bonchev–Trinajstić information content (AvgIpc) is 3.39. The second-order valence-electron chi connectivity index (χ2n) is 7.28. The van der Waals surface area contributed by atoms with Crippen molar-refractivity contribution in [3.05, 3.63) is 71.4 Å². The van der Waals surface area contributed by atoms with Crippen LogP contribution in [0.4, 0.5) is 5.69 Å². The van der Waals surface area contributed by atoms with Gasteiger partial charge in [-0.15, -0.1) is 16.8 Å². The first kappa shape index (κ1) is 20.9. The number of H-pyrrole nitrogens is 2. The van der Waals surface area contributed by atoms with Crippen LogP contribution in [0, 0.1) is 0 Å². The number of thioether (sulfide) groups is 1. The van der Waals surface area contributed by atoms with Gasteiger partial charge in [0, 0.05) is 12.2 Å². The molecule has 168 valence electrons. The van der Waals surface area contributed by atoms with Crippen LogP contribution >= 0.6 is 11.8 Å². The van der Waals surface area contributed by atoms with Gasteiger partial charge in [0.05, 0.1) is 16.8 Å². The molecule has 11 heteroatoms. The minimum atomic E-state index is -0.425. The van der Waals surface area contributed by atoms with Gasteiger partial charge in [-0.1, -0.05) is 30.0 Å². The minimum Gasteiger partial charge on any atom is -0.485 e. The number of rotatable bonds is 7. The number of ether oxygens (including phenoxy) is 2. The van der Waals surface area contributed by atoms with Gasteiger partial charge in [-0.3, -0.25) is 9.36 Å². The van der Waals surface area contributed by atoms with Gasteiger partial charge in [-0.2, -0.15) is 0 Å². The Morgan fingerprint density at radius 3 is 2.88 bits per heavy atom. The summed E-state index contributed by atoms with van der Waals surface area (Å²) in [4.78, 5) is 29.2. The number of para-hydroxylation sites is 2. The number of hydrogen-bond acceptors (Lipinski definition) is 7. The van der Waals surface area contributed by atoms with Gasteiger partial charge in [-0.25, -0.2) is 4.79 Å². The van der Waals surface area contributed by atoms with Crippen molar-refractivity contribution in [1.82, 2.24) is 24.7 Å². The van der Waals surface area contributed by atoms with E-state index in [0.717, 1.165) is 0 Å². The molecule has 1 aliphatic rings. The molecule has 0 radical (unpaired) electrons. The zero-order chi connectivity index (χ0) is 22.8. The summed E-state index contributed by atoms with van der Waals surface area (Å²) >= 11 is 1.26. The first-order valence-corrected chi connectivity index (χ1v) is 11.2. The number of allylic oxidation sites excluding steroid dienone is 1. The molecule has 3 heterocycles. The highest BCUT2D eigenvalue weighted by atomic mass is 32.2. The normalized spacial score (nSPS) is 14.8. The number of anilines is 1. The number of imidazole rings is 1. The molecule has 1 amide bonds. The molecule has 0 fully saturated rings. The van der Waals surface area contributed by atoms with E-state index in [9.17, 15) is 9.59 Å². The van der Waals surface area contributed by atoms with E-state index in [1.165, 1.54) is 11.8 Å². The van der Waals surface area contributed by atoms with Crippen LogP contribution in [0.2, 0.25) is 0 Å². The van der Waals surface area contributed by atoms with E-state index in [-0.39, 0.29) is 17.3 Å². The molecule has 1 aliphatic heterocycles. The molecule has 1 atom stereocenters. The fraction of sp³-hybridized carbons (Fsp3) is 0.182. The summed E-state index contributed by atoms with van der Waals surface area (Å²) in [5.41, 5.74) is 1.59. The van der Waals surface area contributed by atoms with Crippen LogP contribution in [-0.4, -0.2) is 43.0 Å². The van der Waals surface area contributed by atoms with E-state index >= 15 is 0 Å². The third-order valence-corrected chi connectivity index (χ3v) is 5.95. The molecule has 4 aromatic rings. The highest BCUT2D eigenvalue weighted by Crippen LogP contribution is 2.36. The lowest BCUT2D eigenvalue weighted by molar-refractivity contribution is -0.113. The summed E-state index contributed by atoms with van der Waals surface area (Å²) in [6.45, 7) is 4.58. The summed E-state index contributed by atoms with van der Waals surface area (Å²) in [7, 11) is 0. The molecule has 0 unspecified atom stereocenters. The lowest BCUT2D eigenvalue weighted by Gasteiger charge is -2.26. The zero-order valence-corrected chi connectivity index (χ0v) is 18.2. The van der Waals surface area contributed by atoms with Crippen LogP contribution in [0.1, 0.15) is 11.9 Å². The van der Waals surface area contributed by atoms with E-state index in [0.29, 0.717) is 52.4 Å². The van der Waals surface area contributed by atoms with Crippen molar-refractivity contribution in [3.63, 3.8) is 0 Å². The van der Waals surface area contributed by atoms with E-state index in [1.807, 2.05) is 28.8 Å². The highest BCUT2D eigenvalue weighted by Gasteiger charge is 2.28. The van der Waals surface area contributed by atoms with Crippen molar-refractivity contribution in [1.29, 1.82) is 0 Å². The van der Waals surface area contributed by atoms with Gasteiger partial charge in [0.2, 0.25) is 5.91 Å². The Balaban J connectivity index is 1.27. The van der Waals surface area contributed by atoms with Crippen molar-refractivity contribution >= 4 is 34.4 Å². The Labute approximate surface area is 192 Å². The van der Waals surface area contributed by atoms with Crippen molar-refractivity contribution in [2.24, 2.45) is 0 Å². The first-order chi connectivity index (χ1) is 16.1. The molecular weight excluding hydrogens is 444 g/mol. The number of carbonyl (C=O) groups is 1. The van der Waals surface area contributed by atoms with E-state index in [4.69, 9.17) is 9.47 Å². The summed E-state index contributed by atoms with van der Waals surface area (Å²) in [6, 6.07) is 12.6. The number of aromatic nitrogens is 5. The molecular formula is C22H20N6O4S. The van der Waals surface area contributed by atoms with Crippen LogP contribution in [-0.2, 0) is 11.3 Å². The number of nitrogens with one attached hydrogen (secondary N) is 3. The van der Waals surface area contributed by atoms with Crippen LogP contribution in [0.25, 0.3) is 11.0 Å². The monoisotopic (exact) mass is 464 g/mol. The smallest absolute Gasteiger partial charge is 0.323 e. The Hall–Kier alpha value is -3.99. The van der Waals surface area contributed by atoms with Crippen molar-refractivity contribution in [2.75, 3.05) is 17.7 Å². The van der Waals surface area contributed by atoms with Crippen LogP contribution < -0.4 is 20.5 Å². The average molecular weight is 465 g/mol. The lowest BCUT2D eigenvalue weighted by Crippen LogP contribution is -2.25. The SMILES string of the molecule is C=CCn1c(SCC(=O)Nc2ccc3[nH]c(=O)[nH]c3c2)nnc1[C@@H]1COc2ccccc2O1. The fourth-order valence-corrected chi connectivity index (χ4v) is 4.28. The molecule has 5 rings (SSSR count). The highest BCUT2D eigenvalue weighted by molar-refractivity contribution is 7.99. The molecule has 10 nitrogen and oxygen atoms in total. The van der Waals surface area contributed by atoms with Crippen LogP contribution in [0.3, 0.4) is 0 Å². The summed E-state index contributed by atoms with van der Waals surface area (Å²) in [5, 5.41) is 12.0. The third-order valence-electron chi connectivity index (χ3n) is 4.99. The maximum Gasteiger partial charge on any atom is 0.323 e. The van der Waals surface area contributed by atoms with E-state index in [2.05, 4.69) is 32.1 Å². The molecule has 0 aliphatic carbocycles. The Morgan fingerprint density at radius 2 is 2.03 bits per heavy atom. The minimum absolute atomic E-state index is 0.127. The molecule has 2 aromatic carbocycles. The molecule has 0 spiro atoms. The number of nitrogens with zero attached hydrogens (tertiary/aromatic N) is 3. The number of benzene rings is 2. The van der Waals surface area contributed by atoms with Crippen LogP contribution in [0.5, 0.6) is 11.5 Å². The third kappa shape index (κ3) is 4.35. The zero-order valence-electron chi connectivity index (χ0n) is 17.4. The van der Waals surface area contributed by atoms with Gasteiger partial charge in [0.1, 0.15) is 6.61 Å². The predicted molar refractivity (Wildman–Crippen MR) is 124 cm³/mol. The molecule has 2 aromatic heterocycles. The van der Waals surface area contributed by atoms with Crippen molar-refractivity contribution in [3.8, 4) is 11.5 Å². The summed E-state index contributed by atoms with van der Waals surface area (Å²) < 4.78 is 13.7. The summed E-state index contributed by atoms with van der Waals surface area (Å²) in [5.74, 6) is 1.86. The van der Waals surface area contributed by atoms with Crippen LogP contribution in [0.15, 0.2) is 65.1 Å². The maximum atomic E-state index is 12.5. The Morgan fingerprint density at radius 1 is 1.21 bits per heavy atom. The molecule has 33 heavy (non-hydrogen) atoms. The second kappa shape index (κ2) is 8.87. The van der Waals surface area contributed by atoms with Gasteiger partial charge < -0.3 is 24.8 Å². The number of aromatic amines is 2. The van der Waals surface area contributed by atoms with Gasteiger partial charge in [-0.05, 0) is 30.3 Å². The lowest BCUT2D eigenvalue weighted by atomic mass is 10.2. The molecule has 0 saturated carbocycles. The molecule has 3 N–H and O–H groups in total. The topological polar surface area (TPSA) is 127 Å². The Bertz CT molecular complexity index is 1390. The second-order valence-corrected chi connectivity index (χ2v) is 8.22. The largest absolute Gasteiger partial charge is 0.485 e. The predicted octanol–water partition coefficient (Wildman–Crippen LogP) is 2.88. The van der Waals surface area contributed by atoms with Gasteiger partial charge in [0.25, 0.3) is 0 Å². The van der Waals surface area contributed by atoms with Crippen molar-refractivity contribution in [2.45, 2.75) is 17.8 Å². The first-order valence-electron chi connectivity index (χ1n) is 10.2. The molecule has 0 saturated heterocycles. The summed E-state index contributed by atoms with van der Waals surface area (Å²) in [6.07, 6.45) is 1.31. The standard InChI is InChI=1S/C22H20N6O4S/c1-2-9-28-20(18-11-31-16-5-3-4-6-17(16)32-18)26-27-22(28)33-12-19(29)23-13-7-8-14-15(10-13)25-21(30)24-14/h2-8,10,18H,1,9,11-12H2,(H,23,29)(H2,24,25,30)/t18-/m0/s1. The maximum absolute atomic E-state index is 12.5.